The minimum Gasteiger partial charge on any atom is -0.497 e. The molecule has 1 N–H and O–H groups in total. The van der Waals surface area contributed by atoms with Crippen molar-refractivity contribution in [3.63, 3.8) is 0 Å². The molecule has 2 aliphatic heterocycles. The summed E-state index contributed by atoms with van der Waals surface area (Å²) in [6, 6.07) is 20.2. The average molecular weight is 445 g/mol. The molecular weight excluding hydrogens is 412 g/mol. The zero-order valence-corrected chi connectivity index (χ0v) is 19.3. The zero-order chi connectivity index (χ0) is 22.8. The van der Waals surface area contributed by atoms with Gasteiger partial charge in [-0.25, -0.2) is 0 Å². The Balaban J connectivity index is 1.32. The molecule has 0 aromatic heterocycles. The maximum atomic E-state index is 13.3. The van der Waals surface area contributed by atoms with E-state index < -0.39 is 5.60 Å². The van der Waals surface area contributed by atoms with Gasteiger partial charge in [0.05, 0.1) is 12.7 Å². The van der Waals surface area contributed by atoms with E-state index in [2.05, 4.69) is 23.1 Å². The topological polar surface area (TPSA) is 53.0 Å². The molecule has 172 valence electrons. The van der Waals surface area contributed by atoms with Crippen molar-refractivity contribution in [1.29, 1.82) is 0 Å². The maximum absolute atomic E-state index is 13.3. The molecule has 5 rings (SSSR count). The number of hydrogen-bond acceptors (Lipinski definition) is 4. The third-order valence-corrected chi connectivity index (χ3v) is 7.21. The van der Waals surface area contributed by atoms with E-state index in [-0.39, 0.29) is 5.91 Å². The van der Waals surface area contributed by atoms with E-state index in [4.69, 9.17) is 4.74 Å². The van der Waals surface area contributed by atoms with E-state index in [9.17, 15) is 9.90 Å². The summed E-state index contributed by atoms with van der Waals surface area (Å²) >= 11 is 0. The second kappa shape index (κ2) is 9.16. The number of carbonyl (C=O) groups is 1. The molecule has 0 atom stereocenters. The molecule has 0 radical (unpaired) electrons. The van der Waals surface area contributed by atoms with E-state index in [0.29, 0.717) is 31.5 Å². The first kappa shape index (κ1) is 21.9. The van der Waals surface area contributed by atoms with Crippen LogP contribution in [0.25, 0.3) is 21.9 Å². The van der Waals surface area contributed by atoms with Gasteiger partial charge in [-0.2, -0.15) is 0 Å². The summed E-state index contributed by atoms with van der Waals surface area (Å²) < 4.78 is 5.39. The molecule has 2 heterocycles. The fourth-order valence-corrected chi connectivity index (χ4v) is 5.28. The summed E-state index contributed by atoms with van der Waals surface area (Å²) in [5.74, 6) is 0.873. The third kappa shape index (κ3) is 4.61. The Labute approximate surface area is 195 Å². The van der Waals surface area contributed by atoms with Gasteiger partial charge < -0.3 is 19.6 Å². The Hall–Kier alpha value is -2.89. The van der Waals surface area contributed by atoms with Gasteiger partial charge in [0.2, 0.25) is 0 Å². The molecule has 0 aliphatic carbocycles. The largest absolute Gasteiger partial charge is 0.497 e. The average Bonchev–Trinajstić information content (AvgIpc) is 3.36. The summed E-state index contributed by atoms with van der Waals surface area (Å²) in [7, 11) is 1.67. The van der Waals surface area contributed by atoms with E-state index in [1.54, 1.807) is 7.11 Å². The normalized spacial score (nSPS) is 18.5. The highest BCUT2D eigenvalue weighted by atomic mass is 16.5. The molecule has 1 amide bonds. The number of likely N-dealkylation sites (tertiary alicyclic amines) is 2. The summed E-state index contributed by atoms with van der Waals surface area (Å²) in [6.45, 7) is 4.10. The number of hydrogen-bond donors (Lipinski definition) is 1. The second-order valence-corrected chi connectivity index (χ2v) is 9.47. The smallest absolute Gasteiger partial charge is 0.253 e. The molecule has 0 unspecified atom stereocenters. The first-order valence-electron chi connectivity index (χ1n) is 12.0. The van der Waals surface area contributed by atoms with E-state index in [0.717, 1.165) is 47.3 Å². The van der Waals surface area contributed by atoms with Crippen molar-refractivity contribution in [2.24, 2.45) is 0 Å². The number of aliphatic hydroxyl groups is 1. The third-order valence-electron chi connectivity index (χ3n) is 7.21. The van der Waals surface area contributed by atoms with Gasteiger partial charge in [0, 0.05) is 25.2 Å². The van der Waals surface area contributed by atoms with Crippen molar-refractivity contribution in [2.45, 2.75) is 31.3 Å². The minimum absolute atomic E-state index is 0.0481. The Morgan fingerprint density at radius 3 is 2.48 bits per heavy atom. The lowest BCUT2D eigenvalue weighted by Crippen LogP contribution is -2.51. The Morgan fingerprint density at radius 1 is 0.970 bits per heavy atom. The molecule has 5 nitrogen and oxygen atoms in total. The molecule has 2 fully saturated rings. The van der Waals surface area contributed by atoms with E-state index in [1.165, 1.54) is 12.8 Å². The van der Waals surface area contributed by atoms with Gasteiger partial charge in [-0.3, -0.25) is 4.79 Å². The first-order chi connectivity index (χ1) is 16.0. The van der Waals surface area contributed by atoms with Crippen molar-refractivity contribution < 1.29 is 14.6 Å². The van der Waals surface area contributed by atoms with Crippen molar-refractivity contribution in [3.05, 3.63) is 66.2 Å². The van der Waals surface area contributed by atoms with Crippen LogP contribution in [-0.2, 0) is 0 Å². The number of methoxy groups -OCH3 is 1. The molecule has 5 heteroatoms. The van der Waals surface area contributed by atoms with Crippen molar-refractivity contribution in [3.8, 4) is 16.9 Å². The van der Waals surface area contributed by atoms with Crippen molar-refractivity contribution in [2.75, 3.05) is 39.8 Å². The van der Waals surface area contributed by atoms with E-state index in [1.807, 2.05) is 47.4 Å². The summed E-state index contributed by atoms with van der Waals surface area (Å²) in [5.41, 5.74) is 2.24. The predicted octanol–water partition coefficient (Wildman–Crippen LogP) is 4.58. The Bertz CT molecular complexity index is 1140. The Kier molecular flexibility index (Phi) is 6.09. The van der Waals surface area contributed by atoms with Gasteiger partial charge in [-0.15, -0.1) is 0 Å². The van der Waals surface area contributed by atoms with Gasteiger partial charge in [0.25, 0.3) is 5.91 Å². The number of piperidine rings is 1. The molecule has 33 heavy (non-hydrogen) atoms. The van der Waals surface area contributed by atoms with Crippen LogP contribution in [0.5, 0.6) is 5.75 Å². The van der Waals surface area contributed by atoms with Crippen LogP contribution in [-0.4, -0.2) is 66.2 Å². The number of fused-ring (bicyclic) bond motifs is 1. The van der Waals surface area contributed by atoms with Gasteiger partial charge in [-0.1, -0.05) is 36.4 Å². The quantitative estimate of drug-likeness (QED) is 0.626. The maximum Gasteiger partial charge on any atom is 0.253 e. The van der Waals surface area contributed by atoms with Gasteiger partial charge >= 0.3 is 0 Å². The molecule has 0 spiro atoms. The second-order valence-electron chi connectivity index (χ2n) is 9.47. The fourth-order valence-electron chi connectivity index (χ4n) is 5.28. The predicted molar refractivity (Wildman–Crippen MR) is 132 cm³/mol. The van der Waals surface area contributed by atoms with Crippen LogP contribution in [0.15, 0.2) is 60.7 Å². The van der Waals surface area contributed by atoms with Crippen LogP contribution >= 0.6 is 0 Å². The molecule has 0 bridgehead atoms. The SMILES string of the molecule is COc1cccc(-c2cccc3cc(C(=O)N4CCC(O)(CN5CCCC5)CC4)ccc23)c1. The van der Waals surface area contributed by atoms with Gasteiger partial charge in [0.1, 0.15) is 5.75 Å². The van der Waals surface area contributed by atoms with Crippen molar-refractivity contribution in [1.82, 2.24) is 9.80 Å². The lowest BCUT2D eigenvalue weighted by Gasteiger charge is -2.40. The minimum atomic E-state index is -0.670. The van der Waals surface area contributed by atoms with E-state index >= 15 is 0 Å². The number of ether oxygens (including phenoxy) is 1. The van der Waals surface area contributed by atoms with Crippen LogP contribution in [0.1, 0.15) is 36.0 Å². The highest BCUT2D eigenvalue weighted by Gasteiger charge is 2.36. The number of amides is 1. The molecule has 0 saturated carbocycles. The molecule has 2 saturated heterocycles. The van der Waals surface area contributed by atoms with Gasteiger partial charge in [-0.05, 0) is 84.9 Å². The number of nitrogens with zero attached hydrogens (tertiary/aromatic N) is 2. The summed E-state index contributed by atoms with van der Waals surface area (Å²) in [5, 5.41) is 13.2. The van der Waals surface area contributed by atoms with Crippen LogP contribution in [0.2, 0.25) is 0 Å². The monoisotopic (exact) mass is 444 g/mol. The lowest BCUT2D eigenvalue weighted by atomic mass is 9.90. The standard InChI is InChI=1S/C28H32N2O3/c1-33-24-8-4-6-22(19-24)25-9-5-7-21-18-23(10-11-26(21)25)27(31)30-16-12-28(32,13-17-30)20-29-14-2-3-15-29/h4-11,18-19,32H,2-3,12-17,20H2,1H3. The van der Waals surface area contributed by atoms with Crippen LogP contribution in [0.4, 0.5) is 0 Å². The Morgan fingerprint density at radius 2 is 1.73 bits per heavy atom. The number of β-amino-alcohol motifs (C(OH)–C–C–N with tert-alkyl or cyclic N) is 1. The van der Waals surface area contributed by atoms with Crippen molar-refractivity contribution >= 4 is 16.7 Å². The molecule has 3 aromatic rings. The highest BCUT2D eigenvalue weighted by molar-refractivity contribution is 6.02. The highest BCUT2D eigenvalue weighted by Crippen LogP contribution is 2.32. The summed E-state index contributed by atoms with van der Waals surface area (Å²) in [4.78, 5) is 17.5. The number of benzene rings is 3. The fraction of sp³-hybridized carbons (Fsp3) is 0.393. The zero-order valence-electron chi connectivity index (χ0n) is 19.3. The first-order valence-corrected chi connectivity index (χ1v) is 12.0. The lowest BCUT2D eigenvalue weighted by molar-refractivity contribution is -0.0367. The molecule has 3 aromatic carbocycles. The summed E-state index contributed by atoms with van der Waals surface area (Å²) in [6.07, 6.45) is 3.73. The molecule has 2 aliphatic rings. The van der Waals surface area contributed by atoms with Crippen LogP contribution in [0.3, 0.4) is 0 Å². The molecular formula is C28H32N2O3. The van der Waals surface area contributed by atoms with Gasteiger partial charge in [0.15, 0.2) is 0 Å². The van der Waals surface area contributed by atoms with Crippen LogP contribution in [0, 0.1) is 0 Å². The van der Waals surface area contributed by atoms with Crippen LogP contribution < -0.4 is 4.74 Å². The number of rotatable bonds is 5. The number of carbonyl (C=O) groups excluding carboxylic acids is 1.